The highest BCUT2D eigenvalue weighted by Gasteiger charge is 2.16. The lowest BCUT2D eigenvalue weighted by Gasteiger charge is -2.23. The third kappa shape index (κ3) is 5.55. The number of nitrogens with zero attached hydrogens (tertiary/aromatic N) is 1. The van der Waals surface area contributed by atoms with E-state index in [2.05, 4.69) is 10.2 Å². The molecule has 6 heteroatoms. The van der Waals surface area contributed by atoms with Crippen LogP contribution in [0.1, 0.15) is 18.4 Å². The van der Waals surface area contributed by atoms with Crippen LogP contribution in [-0.2, 0) is 4.79 Å². The number of carbonyl (C=O) groups is 1. The Balaban J connectivity index is 2.03. The summed E-state index contributed by atoms with van der Waals surface area (Å²) in [7, 11) is 1.61. The first-order valence-corrected chi connectivity index (χ1v) is 9.57. The minimum Gasteiger partial charge on any atom is -0.497 e. The molecule has 0 fully saturated rings. The van der Waals surface area contributed by atoms with Crippen LogP contribution in [0.25, 0.3) is 0 Å². The predicted octanol–water partition coefficient (Wildman–Crippen LogP) is 4.72. The Morgan fingerprint density at radius 2 is 1.62 bits per heavy atom. The molecule has 2 aromatic carbocycles. The Hall–Kier alpha value is -1.91. The van der Waals surface area contributed by atoms with Gasteiger partial charge in [0.1, 0.15) is 5.75 Å². The van der Waals surface area contributed by atoms with E-state index in [0.717, 1.165) is 35.8 Å². The van der Waals surface area contributed by atoms with Crippen LogP contribution in [-0.4, -0.2) is 37.9 Å². The fourth-order valence-corrected chi connectivity index (χ4v) is 3.03. The second-order valence-electron chi connectivity index (χ2n) is 5.90. The van der Waals surface area contributed by atoms with Gasteiger partial charge >= 0.3 is 0 Å². The summed E-state index contributed by atoms with van der Waals surface area (Å²) >= 11 is 11.7. The molecule has 1 atom stereocenters. The lowest BCUT2D eigenvalue weighted by Crippen LogP contribution is -2.27. The van der Waals surface area contributed by atoms with Gasteiger partial charge < -0.3 is 15.0 Å². The number of hydrogen-bond acceptors (Lipinski definition) is 3. The zero-order valence-corrected chi connectivity index (χ0v) is 16.6. The maximum atomic E-state index is 12.5. The molecule has 1 unspecified atom stereocenters. The number of benzene rings is 2. The van der Waals surface area contributed by atoms with E-state index in [1.165, 1.54) is 0 Å². The molecule has 0 radical (unpaired) electrons. The number of alkyl halides is 2. The Kier molecular flexibility index (Phi) is 8.07. The van der Waals surface area contributed by atoms with E-state index >= 15 is 0 Å². The van der Waals surface area contributed by atoms with Gasteiger partial charge in [-0.3, -0.25) is 4.79 Å². The van der Waals surface area contributed by atoms with Gasteiger partial charge in [0, 0.05) is 36.2 Å². The second kappa shape index (κ2) is 10.3. The summed E-state index contributed by atoms with van der Waals surface area (Å²) in [6.45, 7) is 3.37. The van der Waals surface area contributed by atoms with E-state index in [4.69, 9.17) is 27.9 Å². The summed E-state index contributed by atoms with van der Waals surface area (Å²) in [4.78, 5) is 14.6. The molecule has 26 heavy (non-hydrogen) atoms. The van der Waals surface area contributed by atoms with Gasteiger partial charge in [-0.15, -0.1) is 23.2 Å². The Bertz CT molecular complexity index is 684. The van der Waals surface area contributed by atoms with Gasteiger partial charge in [0.05, 0.1) is 13.0 Å². The molecule has 0 aliphatic heterocycles. The van der Waals surface area contributed by atoms with Crippen molar-refractivity contribution in [2.45, 2.75) is 12.8 Å². The van der Waals surface area contributed by atoms with E-state index in [1.54, 1.807) is 7.11 Å². The van der Waals surface area contributed by atoms with Crippen molar-refractivity contribution in [3.05, 3.63) is 54.1 Å². The molecule has 0 saturated heterocycles. The Morgan fingerprint density at radius 3 is 2.12 bits per heavy atom. The monoisotopic (exact) mass is 394 g/mol. The first-order chi connectivity index (χ1) is 12.6. The second-order valence-corrected chi connectivity index (χ2v) is 6.65. The quantitative estimate of drug-likeness (QED) is 0.625. The zero-order chi connectivity index (χ0) is 18.9. The average Bonchev–Trinajstić information content (AvgIpc) is 2.68. The number of amides is 1. The highest BCUT2D eigenvalue weighted by molar-refractivity contribution is 6.18. The number of methoxy groups -OCH3 is 1. The van der Waals surface area contributed by atoms with Crippen LogP contribution in [0, 0.1) is 0 Å². The van der Waals surface area contributed by atoms with Crippen molar-refractivity contribution in [2.75, 3.05) is 42.2 Å². The molecular formula is C20H24Cl2N2O2. The van der Waals surface area contributed by atoms with Crippen LogP contribution in [0.15, 0.2) is 48.5 Å². The van der Waals surface area contributed by atoms with Gasteiger partial charge in [0.25, 0.3) is 0 Å². The standard InChI is InChI=1S/C20H24Cl2N2O2/c1-15(20(25)23-17-5-9-19(26-2)10-6-17)16-3-7-18(8-4-16)24(13-11-21)14-12-22/h3-10,15H,11-14H2,1-2H3,(H,23,25). The Labute approximate surface area is 165 Å². The molecule has 0 bridgehead atoms. The van der Waals surface area contributed by atoms with Crippen LogP contribution in [0.5, 0.6) is 5.75 Å². The largest absolute Gasteiger partial charge is 0.497 e. The van der Waals surface area contributed by atoms with Crippen molar-refractivity contribution in [1.29, 1.82) is 0 Å². The summed E-state index contributed by atoms with van der Waals surface area (Å²) < 4.78 is 5.12. The minimum absolute atomic E-state index is 0.0544. The number of anilines is 2. The van der Waals surface area contributed by atoms with Crippen LogP contribution in [0.2, 0.25) is 0 Å². The smallest absolute Gasteiger partial charge is 0.231 e. The maximum absolute atomic E-state index is 12.5. The summed E-state index contributed by atoms with van der Waals surface area (Å²) in [5.41, 5.74) is 2.75. The van der Waals surface area contributed by atoms with Crippen LogP contribution in [0.3, 0.4) is 0 Å². The number of nitrogens with one attached hydrogen (secondary N) is 1. The Morgan fingerprint density at radius 1 is 1.04 bits per heavy atom. The highest BCUT2D eigenvalue weighted by atomic mass is 35.5. The van der Waals surface area contributed by atoms with Crippen LogP contribution < -0.4 is 15.0 Å². The molecule has 4 nitrogen and oxygen atoms in total. The molecule has 1 amide bonds. The molecule has 1 N–H and O–H groups in total. The van der Waals surface area contributed by atoms with E-state index in [9.17, 15) is 4.79 Å². The van der Waals surface area contributed by atoms with Crippen molar-refractivity contribution < 1.29 is 9.53 Å². The summed E-state index contributed by atoms with van der Waals surface area (Å²) in [6, 6.07) is 15.2. The van der Waals surface area contributed by atoms with E-state index in [-0.39, 0.29) is 11.8 Å². The third-order valence-corrected chi connectivity index (χ3v) is 4.56. The van der Waals surface area contributed by atoms with Gasteiger partial charge in [0.15, 0.2) is 0 Å². The van der Waals surface area contributed by atoms with E-state index in [0.29, 0.717) is 11.8 Å². The van der Waals surface area contributed by atoms with Crippen molar-refractivity contribution in [3.8, 4) is 5.75 Å². The van der Waals surface area contributed by atoms with Crippen molar-refractivity contribution >= 4 is 40.5 Å². The molecule has 140 valence electrons. The van der Waals surface area contributed by atoms with Crippen LogP contribution >= 0.6 is 23.2 Å². The predicted molar refractivity (Wildman–Crippen MR) is 110 cm³/mol. The average molecular weight is 395 g/mol. The molecule has 0 aliphatic rings. The molecule has 0 heterocycles. The van der Waals surface area contributed by atoms with Gasteiger partial charge in [-0.05, 0) is 48.9 Å². The normalized spacial score (nSPS) is 11.7. The molecule has 0 saturated carbocycles. The van der Waals surface area contributed by atoms with Crippen molar-refractivity contribution in [3.63, 3.8) is 0 Å². The lowest BCUT2D eigenvalue weighted by atomic mass is 9.99. The summed E-state index contributed by atoms with van der Waals surface area (Å²) in [5, 5.41) is 2.93. The third-order valence-electron chi connectivity index (χ3n) is 4.22. The number of hydrogen-bond donors (Lipinski definition) is 1. The molecule has 0 spiro atoms. The molecule has 0 aliphatic carbocycles. The fraction of sp³-hybridized carbons (Fsp3) is 0.350. The van der Waals surface area contributed by atoms with Gasteiger partial charge in [-0.1, -0.05) is 12.1 Å². The molecule has 2 rings (SSSR count). The fourth-order valence-electron chi connectivity index (χ4n) is 2.62. The first kappa shape index (κ1) is 20.4. The molecule has 2 aromatic rings. The number of ether oxygens (including phenoxy) is 1. The SMILES string of the molecule is COc1ccc(NC(=O)C(C)c2ccc(N(CCCl)CCCl)cc2)cc1. The van der Waals surface area contributed by atoms with Gasteiger partial charge in [-0.2, -0.15) is 0 Å². The minimum atomic E-state index is -0.263. The van der Waals surface area contributed by atoms with Crippen molar-refractivity contribution in [1.82, 2.24) is 0 Å². The zero-order valence-electron chi connectivity index (χ0n) is 15.0. The summed E-state index contributed by atoms with van der Waals surface area (Å²) in [6.07, 6.45) is 0. The van der Waals surface area contributed by atoms with Gasteiger partial charge in [-0.25, -0.2) is 0 Å². The number of carbonyl (C=O) groups excluding carboxylic acids is 1. The first-order valence-electron chi connectivity index (χ1n) is 8.50. The summed E-state index contributed by atoms with van der Waals surface area (Å²) in [5.74, 6) is 1.52. The topological polar surface area (TPSA) is 41.6 Å². The highest BCUT2D eigenvalue weighted by Crippen LogP contribution is 2.23. The number of rotatable bonds is 9. The maximum Gasteiger partial charge on any atom is 0.231 e. The van der Waals surface area contributed by atoms with Crippen LogP contribution in [0.4, 0.5) is 11.4 Å². The van der Waals surface area contributed by atoms with Gasteiger partial charge in [0.2, 0.25) is 5.91 Å². The van der Waals surface area contributed by atoms with E-state index in [1.807, 2.05) is 55.5 Å². The number of halogens is 2. The van der Waals surface area contributed by atoms with E-state index < -0.39 is 0 Å². The molecule has 0 aromatic heterocycles. The molecular weight excluding hydrogens is 371 g/mol. The van der Waals surface area contributed by atoms with Crippen molar-refractivity contribution in [2.24, 2.45) is 0 Å². The lowest BCUT2D eigenvalue weighted by molar-refractivity contribution is -0.117.